The van der Waals surface area contributed by atoms with Gasteiger partial charge in [-0.1, -0.05) is 138 Å². The SMILES string of the molecule is Cc1ccc2c(c1)B(c1c(-c3ccccc3)cccc1-c1ccccc1)c1ccccc1N2c1ccccc1. The second-order valence-corrected chi connectivity index (χ2v) is 10.2. The molecule has 0 aliphatic carbocycles. The second kappa shape index (κ2) is 9.81. The van der Waals surface area contributed by atoms with Crippen molar-refractivity contribution >= 4 is 40.2 Å². The average molecular weight is 497 g/mol. The highest BCUT2D eigenvalue weighted by molar-refractivity contribution is 6.99. The van der Waals surface area contributed by atoms with E-state index in [9.17, 15) is 0 Å². The Hall–Kier alpha value is -4.82. The Bertz CT molecular complexity index is 1700. The molecule has 0 fully saturated rings. The molecular weight excluding hydrogens is 469 g/mol. The van der Waals surface area contributed by atoms with Gasteiger partial charge in [-0.25, -0.2) is 0 Å². The molecular formula is C37H28BN. The van der Waals surface area contributed by atoms with E-state index in [4.69, 9.17) is 0 Å². The maximum Gasteiger partial charge on any atom is 0.248 e. The van der Waals surface area contributed by atoms with Gasteiger partial charge in [0.1, 0.15) is 0 Å². The lowest BCUT2D eigenvalue weighted by molar-refractivity contribution is 1.28. The van der Waals surface area contributed by atoms with Crippen molar-refractivity contribution < 1.29 is 0 Å². The molecule has 6 aromatic rings. The molecule has 0 atom stereocenters. The molecule has 0 aromatic heterocycles. The second-order valence-electron chi connectivity index (χ2n) is 10.2. The number of fused-ring (bicyclic) bond motifs is 2. The van der Waals surface area contributed by atoms with Crippen LogP contribution in [0, 0.1) is 6.92 Å². The Labute approximate surface area is 231 Å². The van der Waals surface area contributed by atoms with E-state index in [2.05, 4.69) is 163 Å². The third kappa shape index (κ3) is 4.06. The Morgan fingerprint density at radius 1 is 0.462 bits per heavy atom. The molecule has 0 saturated carbocycles. The van der Waals surface area contributed by atoms with Crippen molar-refractivity contribution in [3.05, 3.63) is 157 Å². The number of hydrogen-bond acceptors (Lipinski definition) is 1. The van der Waals surface area contributed by atoms with E-state index in [1.165, 1.54) is 61.3 Å². The van der Waals surface area contributed by atoms with E-state index in [1.807, 2.05) is 0 Å². The number of hydrogen-bond donors (Lipinski definition) is 0. The van der Waals surface area contributed by atoms with Gasteiger partial charge >= 0.3 is 0 Å². The number of aryl methyl sites for hydroxylation is 1. The average Bonchev–Trinajstić information content (AvgIpc) is 3.01. The van der Waals surface area contributed by atoms with Gasteiger partial charge in [0.25, 0.3) is 0 Å². The highest BCUT2D eigenvalue weighted by Crippen LogP contribution is 2.37. The quantitative estimate of drug-likeness (QED) is 0.226. The van der Waals surface area contributed by atoms with Crippen LogP contribution in [-0.4, -0.2) is 6.71 Å². The molecule has 0 radical (unpaired) electrons. The molecule has 0 saturated heterocycles. The Balaban J connectivity index is 1.58. The lowest BCUT2D eigenvalue weighted by Gasteiger charge is -2.38. The van der Waals surface area contributed by atoms with E-state index < -0.39 is 0 Å². The summed E-state index contributed by atoms with van der Waals surface area (Å²) in [6, 6.07) is 55.0. The summed E-state index contributed by atoms with van der Waals surface area (Å²) in [6.45, 7) is 2.27. The minimum atomic E-state index is 0.0719. The minimum Gasteiger partial charge on any atom is -0.312 e. The van der Waals surface area contributed by atoms with Crippen molar-refractivity contribution in [2.45, 2.75) is 6.92 Å². The van der Waals surface area contributed by atoms with Crippen molar-refractivity contribution in [2.24, 2.45) is 0 Å². The van der Waals surface area contributed by atoms with Crippen LogP contribution in [0.5, 0.6) is 0 Å². The van der Waals surface area contributed by atoms with Gasteiger partial charge in [0.2, 0.25) is 6.71 Å². The summed E-state index contributed by atoms with van der Waals surface area (Å²) >= 11 is 0. The molecule has 1 heterocycles. The van der Waals surface area contributed by atoms with Crippen molar-refractivity contribution in [3.63, 3.8) is 0 Å². The van der Waals surface area contributed by atoms with Crippen molar-refractivity contribution in [1.29, 1.82) is 0 Å². The fourth-order valence-corrected chi connectivity index (χ4v) is 6.12. The topological polar surface area (TPSA) is 3.24 Å². The molecule has 7 rings (SSSR count). The van der Waals surface area contributed by atoms with Crippen molar-refractivity contribution in [3.8, 4) is 22.3 Å². The van der Waals surface area contributed by atoms with Crippen LogP contribution >= 0.6 is 0 Å². The summed E-state index contributed by atoms with van der Waals surface area (Å²) in [5.74, 6) is 0. The molecule has 1 nitrogen and oxygen atoms in total. The fraction of sp³-hybridized carbons (Fsp3) is 0.0270. The monoisotopic (exact) mass is 497 g/mol. The van der Waals surface area contributed by atoms with Gasteiger partial charge < -0.3 is 4.90 Å². The molecule has 6 aromatic carbocycles. The summed E-state index contributed by atoms with van der Waals surface area (Å²) in [5, 5.41) is 0. The molecule has 0 N–H and O–H groups in total. The lowest BCUT2D eigenvalue weighted by Crippen LogP contribution is -2.58. The van der Waals surface area contributed by atoms with Crippen molar-refractivity contribution in [1.82, 2.24) is 0 Å². The predicted octanol–water partition coefficient (Wildman–Crippen LogP) is 7.63. The highest BCUT2D eigenvalue weighted by Gasteiger charge is 2.37. The molecule has 2 heteroatoms. The molecule has 0 bridgehead atoms. The molecule has 1 aliphatic heterocycles. The van der Waals surface area contributed by atoms with E-state index in [-0.39, 0.29) is 6.71 Å². The van der Waals surface area contributed by atoms with E-state index in [1.54, 1.807) is 0 Å². The zero-order chi connectivity index (χ0) is 26.2. The van der Waals surface area contributed by atoms with Crippen molar-refractivity contribution in [2.75, 3.05) is 4.90 Å². The minimum absolute atomic E-state index is 0.0719. The molecule has 0 spiro atoms. The van der Waals surface area contributed by atoms with Crippen LogP contribution in [0.2, 0.25) is 0 Å². The maximum atomic E-state index is 2.42. The summed E-state index contributed by atoms with van der Waals surface area (Å²) in [5.41, 5.74) is 13.9. The van der Waals surface area contributed by atoms with E-state index in [0.29, 0.717) is 0 Å². The number of anilines is 3. The number of rotatable bonds is 4. The third-order valence-corrected chi connectivity index (χ3v) is 7.80. The van der Waals surface area contributed by atoms with Gasteiger partial charge in [0.15, 0.2) is 0 Å². The number of para-hydroxylation sites is 2. The molecule has 0 unspecified atom stereocenters. The zero-order valence-corrected chi connectivity index (χ0v) is 22.0. The smallest absolute Gasteiger partial charge is 0.248 e. The largest absolute Gasteiger partial charge is 0.312 e. The van der Waals surface area contributed by atoms with Crippen LogP contribution in [0.25, 0.3) is 22.3 Å². The van der Waals surface area contributed by atoms with Crippen LogP contribution in [0.4, 0.5) is 17.1 Å². The van der Waals surface area contributed by atoms with Gasteiger partial charge in [-0.3, -0.25) is 0 Å². The van der Waals surface area contributed by atoms with Gasteiger partial charge in [0, 0.05) is 17.1 Å². The van der Waals surface area contributed by atoms with E-state index >= 15 is 0 Å². The first kappa shape index (κ1) is 23.3. The highest BCUT2D eigenvalue weighted by atomic mass is 15.1. The maximum absolute atomic E-state index is 2.42. The summed E-state index contributed by atoms with van der Waals surface area (Å²) in [6.07, 6.45) is 0. The van der Waals surface area contributed by atoms with E-state index in [0.717, 1.165) is 0 Å². The molecule has 0 amide bonds. The summed E-state index contributed by atoms with van der Waals surface area (Å²) in [7, 11) is 0. The fourth-order valence-electron chi connectivity index (χ4n) is 6.12. The number of benzene rings is 6. The zero-order valence-electron chi connectivity index (χ0n) is 22.0. The van der Waals surface area contributed by atoms with Crippen LogP contribution in [0.3, 0.4) is 0 Å². The normalized spacial score (nSPS) is 12.1. The first-order valence-electron chi connectivity index (χ1n) is 13.6. The third-order valence-electron chi connectivity index (χ3n) is 7.80. The molecule has 184 valence electrons. The van der Waals surface area contributed by atoms with Gasteiger partial charge in [-0.05, 0) is 64.4 Å². The summed E-state index contributed by atoms with van der Waals surface area (Å²) < 4.78 is 0. The van der Waals surface area contributed by atoms with Gasteiger partial charge in [0.05, 0.1) is 0 Å². The van der Waals surface area contributed by atoms with Gasteiger partial charge in [-0.15, -0.1) is 0 Å². The number of nitrogens with zero attached hydrogens (tertiary/aromatic N) is 1. The lowest BCUT2D eigenvalue weighted by atomic mass is 9.33. The molecule has 1 aliphatic rings. The van der Waals surface area contributed by atoms with Crippen LogP contribution in [0.1, 0.15) is 5.56 Å². The molecule has 39 heavy (non-hydrogen) atoms. The first-order chi connectivity index (χ1) is 19.3. The first-order valence-corrected chi connectivity index (χ1v) is 13.6. The Kier molecular flexibility index (Phi) is 5.87. The Morgan fingerprint density at radius 2 is 1.00 bits per heavy atom. The van der Waals surface area contributed by atoms with Gasteiger partial charge in [-0.2, -0.15) is 0 Å². The predicted molar refractivity (Wildman–Crippen MR) is 168 cm³/mol. The summed E-state index contributed by atoms with van der Waals surface area (Å²) in [4.78, 5) is 2.42. The van der Waals surface area contributed by atoms with Crippen LogP contribution in [-0.2, 0) is 0 Å². The van der Waals surface area contributed by atoms with Crippen LogP contribution in [0.15, 0.2) is 152 Å². The standard InChI is InChI=1S/C37H28BN/c1-27-24-25-36-34(26-27)38(33-22-11-12-23-35(33)39(36)30-18-9-4-10-19-30)37-31(28-14-5-2-6-15-28)20-13-21-32(37)29-16-7-3-8-17-29/h2-26H,1H3. The van der Waals surface area contributed by atoms with Crippen LogP contribution < -0.4 is 21.3 Å². The Morgan fingerprint density at radius 3 is 1.64 bits per heavy atom.